The molecule has 7 heavy (non-hydrogen) atoms. The molecule has 0 fully saturated rings. The minimum Gasteiger partial charge on any atom is -0.310 e. The minimum atomic E-state index is -2.13. The van der Waals surface area contributed by atoms with Gasteiger partial charge < -0.3 is 4.57 Å². The topological polar surface area (TPSA) is 17.1 Å². The van der Waals surface area contributed by atoms with Crippen LogP contribution >= 0.6 is 7.14 Å². The first-order valence-corrected chi connectivity index (χ1v) is 4.50. The van der Waals surface area contributed by atoms with Gasteiger partial charge in [0.25, 0.3) is 0 Å². The van der Waals surface area contributed by atoms with Gasteiger partial charge in [-0.15, -0.1) is 6.42 Å². The summed E-state index contributed by atoms with van der Waals surface area (Å²) in [5, 5.41) is 0. The van der Waals surface area contributed by atoms with Crippen LogP contribution in [0, 0.1) is 12.1 Å². The molecule has 0 aliphatic carbocycles. The summed E-state index contributed by atoms with van der Waals surface area (Å²) >= 11 is 0. The molecule has 0 aliphatic heterocycles. The van der Waals surface area contributed by atoms with Crippen LogP contribution in [0.4, 0.5) is 0 Å². The van der Waals surface area contributed by atoms with E-state index in [2.05, 4.69) is 5.66 Å². The van der Waals surface area contributed by atoms with Crippen LogP contribution in [0.1, 0.15) is 6.92 Å². The van der Waals surface area contributed by atoms with E-state index < -0.39 is 7.14 Å². The Morgan fingerprint density at radius 1 is 1.86 bits per heavy atom. The molecule has 0 heterocycles. The second kappa shape index (κ2) is 2.19. The molecule has 0 aromatic carbocycles. The first-order valence-electron chi connectivity index (χ1n) is 2.17. The fraction of sp³-hybridized carbons (Fsp3) is 0.600. The van der Waals surface area contributed by atoms with Gasteiger partial charge in [-0.05, 0) is 5.66 Å². The predicted octanol–water partition coefficient (Wildman–Crippen LogP) is 1.59. The lowest BCUT2D eigenvalue weighted by molar-refractivity contribution is 0.586. The second-order valence-electron chi connectivity index (χ2n) is 1.55. The molecule has 0 aliphatic rings. The molecular formula is C5H9OP. The van der Waals surface area contributed by atoms with Crippen LogP contribution in [0.25, 0.3) is 0 Å². The third-order valence-corrected chi connectivity index (χ3v) is 2.63. The molecular weight excluding hydrogens is 107 g/mol. The van der Waals surface area contributed by atoms with Gasteiger partial charge in [-0.3, -0.25) is 0 Å². The Bertz CT molecular complexity index is 132. The van der Waals surface area contributed by atoms with Gasteiger partial charge in [0.2, 0.25) is 0 Å². The molecule has 2 heteroatoms. The van der Waals surface area contributed by atoms with E-state index >= 15 is 0 Å². The standard InChI is InChI=1S/C5H9OP/c1-4-7(3,6)5-2/h1H,5H2,2-3H3. The van der Waals surface area contributed by atoms with E-state index in [1.54, 1.807) is 6.66 Å². The highest BCUT2D eigenvalue weighted by Crippen LogP contribution is 2.37. The van der Waals surface area contributed by atoms with Crippen molar-refractivity contribution in [2.24, 2.45) is 0 Å². The molecule has 0 amide bonds. The van der Waals surface area contributed by atoms with Crippen molar-refractivity contribution in [3.63, 3.8) is 0 Å². The Morgan fingerprint density at radius 3 is 2.29 bits per heavy atom. The van der Waals surface area contributed by atoms with Gasteiger partial charge in [-0.25, -0.2) is 0 Å². The van der Waals surface area contributed by atoms with Gasteiger partial charge in [0.1, 0.15) is 0 Å². The van der Waals surface area contributed by atoms with Crippen LogP contribution in [0.3, 0.4) is 0 Å². The normalized spacial score (nSPS) is 17.3. The van der Waals surface area contributed by atoms with Crippen molar-refractivity contribution in [3.8, 4) is 12.1 Å². The molecule has 40 valence electrons. The zero-order valence-electron chi connectivity index (χ0n) is 4.64. The molecule has 0 saturated carbocycles. The third kappa shape index (κ3) is 2.48. The first-order chi connectivity index (χ1) is 3.12. The number of hydrogen-bond donors (Lipinski definition) is 0. The summed E-state index contributed by atoms with van der Waals surface area (Å²) in [7, 11) is -2.13. The summed E-state index contributed by atoms with van der Waals surface area (Å²) in [6.07, 6.45) is 5.52. The average Bonchev–Trinajstić information content (AvgIpc) is 1.68. The summed E-state index contributed by atoms with van der Waals surface area (Å²) in [4.78, 5) is 0. The number of rotatable bonds is 1. The maximum Gasteiger partial charge on any atom is 0.151 e. The molecule has 0 spiro atoms. The zero-order valence-corrected chi connectivity index (χ0v) is 5.53. The lowest BCUT2D eigenvalue weighted by atomic mass is 11.0. The fourth-order valence-corrected chi connectivity index (χ4v) is 0.274. The van der Waals surface area contributed by atoms with Gasteiger partial charge in [-0.2, -0.15) is 0 Å². The van der Waals surface area contributed by atoms with Crippen LogP contribution < -0.4 is 0 Å². The summed E-state index contributed by atoms with van der Waals surface area (Å²) in [5.74, 6) is 0. The predicted molar refractivity (Wildman–Crippen MR) is 32.9 cm³/mol. The maximum atomic E-state index is 10.7. The highest BCUT2D eigenvalue weighted by Gasteiger charge is 2.03. The van der Waals surface area contributed by atoms with E-state index in [-0.39, 0.29) is 0 Å². The molecule has 0 radical (unpaired) electrons. The summed E-state index contributed by atoms with van der Waals surface area (Å²) in [6.45, 7) is 3.45. The average molecular weight is 116 g/mol. The third-order valence-electron chi connectivity index (χ3n) is 0.877. The van der Waals surface area contributed by atoms with Crippen LogP contribution in [-0.2, 0) is 4.57 Å². The van der Waals surface area contributed by atoms with Gasteiger partial charge in [0, 0.05) is 12.8 Å². The van der Waals surface area contributed by atoms with Crippen LogP contribution in [0.15, 0.2) is 0 Å². The molecule has 0 rings (SSSR count). The Hall–Kier alpha value is -0.210. The minimum absolute atomic E-state index is 0.615. The van der Waals surface area contributed by atoms with Crippen LogP contribution in [-0.4, -0.2) is 12.8 Å². The highest BCUT2D eigenvalue weighted by atomic mass is 31.2. The number of terminal acetylenes is 1. The van der Waals surface area contributed by atoms with Crippen molar-refractivity contribution in [3.05, 3.63) is 0 Å². The van der Waals surface area contributed by atoms with Crippen molar-refractivity contribution in [2.75, 3.05) is 12.8 Å². The van der Waals surface area contributed by atoms with Crippen molar-refractivity contribution >= 4 is 7.14 Å². The molecule has 0 N–H and O–H groups in total. The molecule has 1 nitrogen and oxygen atoms in total. The van der Waals surface area contributed by atoms with Crippen molar-refractivity contribution < 1.29 is 4.57 Å². The molecule has 1 atom stereocenters. The lowest BCUT2D eigenvalue weighted by Gasteiger charge is -1.95. The van der Waals surface area contributed by atoms with Gasteiger partial charge >= 0.3 is 0 Å². The molecule has 0 bridgehead atoms. The smallest absolute Gasteiger partial charge is 0.151 e. The Balaban J connectivity index is 3.94. The largest absolute Gasteiger partial charge is 0.310 e. The second-order valence-corrected chi connectivity index (χ2v) is 4.64. The SMILES string of the molecule is C#CP(C)(=O)CC. The van der Waals surface area contributed by atoms with E-state index in [1.807, 2.05) is 6.92 Å². The molecule has 0 aromatic rings. The van der Waals surface area contributed by atoms with Gasteiger partial charge in [0.05, 0.1) is 0 Å². The Labute approximate surface area is 44.5 Å². The van der Waals surface area contributed by atoms with E-state index in [0.717, 1.165) is 0 Å². The van der Waals surface area contributed by atoms with Crippen molar-refractivity contribution in [2.45, 2.75) is 6.92 Å². The summed E-state index contributed by atoms with van der Waals surface area (Å²) < 4.78 is 10.7. The van der Waals surface area contributed by atoms with Gasteiger partial charge in [0.15, 0.2) is 7.14 Å². The van der Waals surface area contributed by atoms with Crippen molar-refractivity contribution in [1.29, 1.82) is 0 Å². The Kier molecular flexibility index (Phi) is 2.12. The van der Waals surface area contributed by atoms with Gasteiger partial charge in [-0.1, -0.05) is 6.92 Å². The Morgan fingerprint density at radius 2 is 2.29 bits per heavy atom. The first kappa shape index (κ1) is 6.79. The maximum absolute atomic E-state index is 10.7. The van der Waals surface area contributed by atoms with Crippen LogP contribution in [0.2, 0.25) is 0 Å². The van der Waals surface area contributed by atoms with Crippen LogP contribution in [0.5, 0.6) is 0 Å². The van der Waals surface area contributed by atoms with E-state index in [4.69, 9.17) is 6.42 Å². The quantitative estimate of drug-likeness (QED) is 0.375. The van der Waals surface area contributed by atoms with E-state index in [9.17, 15) is 4.57 Å². The lowest BCUT2D eigenvalue weighted by Crippen LogP contribution is -1.74. The zero-order chi connectivity index (χ0) is 5.91. The van der Waals surface area contributed by atoms with E-state index in [0.29, 0.717) is 6.16 Å². The van der Waals surface area contributed by atoms with Crippen molar-refractivity contribution in [1.82, 2.24) is 0 Å². The fourth-order valence-electron chi connectivity index (χ4n) is 0.0913. The van der Waals surface area contributed by atoms with E-state index in [1.165, 1.54) is 0 Å². The molecule has 0 aromatic heterocycles. The number of hydrogen-bond acceptors (Lipinski definition) is 1. The summed E-state index contributed by atoms with van der Waals surface area (Å²) in [6, 6.07) is 0. The summed E-state index contributed by atoms with van der Waals surface area (Å²) in [5.41, 5.74) is 2.25. The molecule has 1 unspecified atom stereocenters. The molecule has 0 saturated heterocycles. The highest BCUT2D eigenvalue weighted by molar-refractivity contribution is 7.68. The monoisotopic (exact) mass is 116 g/mol.